The molecular weight excluding hydrogens is 378 g/mol. The Morgan fingerprint density at radius 1 is 1.11 bits per heavy atom. The van der Waals surface area contributed by atoms with E-state index in [4.69, 9.17) is 11.6 Å². The molecule has 4 rings (SSSR count). The van der Waals surface area contributed by atoms with Crippen LogP contribution in [0.3, 0.4) is 0 Å². The van der Waals surface area contributed by atoms with Gasteiger partial charge in [-0.25, -0.2) is 4.68 Å². The van der Waals surface area contributed by atoms with Crippen molar-refractivity contribution in [3.05, 3.63) is 87.2 Å². The van der Waals surface area contributed by atoms with Gasteiger partial charge < -0.3 is 0 Å². The largest absolute Gasteiger partial charge is 0.277 e. The second-order valence-electron chi connectivity index (χ2n) is 6.50. The van der Waals surface area contributed by atoms with Gasteiger partial charge in [-0.3, -0.25) is 9.79 Å². The fourth-order valence-electron chi connectivity index (χ4n) is 2.98. The zero-order chi connectivity index (χ0) is 18.8. The van der Waals surface area contributed by atoms with Crippen molar-refractivity contribution in [1.82, 2.24) is 9.78 Å². The van der Waals surface area contributed by atoms with Gasteiger partial charge in [-0.05, 0) is 29.8 Å². The molecule has 2 heterocycles. The molecule has 1 aliphatic heterocycles. The van der Waals surface area contributed by atoms with Crippen molar-refractivity contribution < 1.29 is 0 Å². The van der Waals surface area contributed by atoms with Crippen LogP contribution in [0.5, 0.6) is 0 Å². The SMILES string of the molecule is CC1CN=C(c2cccc(Cn3nc(-c4cccc(Cl)c4)ccc3=O)c2)S1. The van der Waals surface area contributed by atoms with Crippen LogP contribution >= 0.6 is 23.4 Å². The lowest BCUT2D eigenvalue weighted by molar-refractivity contribution is 0.642. The number of benzene rings is 2. The molecule has 6 heteroatoms. The highest BCUT2D eigenvalue weighted by atomic mass is 35.5. The summed E-state index contributed by atoms with van der Waals surface area (Å²) in [4.78, 5) is 16.9. The maximum absolute atomic E-state index is 12.3. The van der Waals surface area contributed by atoms with E-state index in [1.165, 1.54) is 4.68 Å². The van der Waals surface area contributed by atoms with E-state index in [-0.39, 0.29) is 5.56 Å². The molecule has 1 atom stereocenters. The summed E-state index contributed by atoms with van der Waals surface area (Å²) in [5.74, 6) is 0. The first-order valence-electron chi connectivity index (χ1n) is 8.73. The summed E-state index contributed by atoms with van der Waals surface area (Å²) in [6.45, 7) is 3.44. The zero-order valence-corrected chi connectivity index (χ0v) is 16.4. The molecule has 3 aromatic rings. The minimum atomic E-state index is -0.132. The molecule has 27 heavy (non-hydrogen) atoms. The van der Waals surface area contributed by atoms with Crippen LogP contribution in [0.25, 0.3) is 11.3 Å². The van der Waals surface area contributed by atoms with Gasteiger partial charge in [0.1, 0.15) is 0 Å². The number of nitrogens with zero attached hydrogens (tertiary/aromatic N) is 3. The fraction of sp³-hybridized carbons (Fsp3) is 0.190. The van der Waals surface area contributed by atoms with Crippen LogP contribution in [0, 0.1) is 0 Å². The average molecular weight is 396 g/mol. The molecule has 0 aliphatic carbocycles. The molecule has 0 bridgehead atoms. The summed E-state index contributed by atoms with van der Waals surface area (Å²) >= 11 is 7.87. The van der Waals surface area contributed by atoms with Crippen LogP contribution in [0.1, 0.15) is 18.1 Å². The van der Waals surface area contributed by atoms with Crippen molar-refractivity contribution >= 4 is 28.4 Å². The van der Waals surface area contributed by atoms with E-state index in [1.807, 2.05) is 36.4 Å². The summed E-state index contributed by atoms with van der Waals surface area (Å²) < 4.78 is 1.49. The van der Waals surface area contributed by atoms with E-state index >= 15 is 0 Å². The number of halogens is 1. The van der Waals surface area contributed by atoms with Gasteiger partial charge in [0.05, 0.1) is 23.8 Å². The third-order valence-corrected chi connectivity index (χ3v) is 5.67. The molecule has 136 valence electrons. The molecule has 0 radical (unpaired) electrons. The zero-order valence-electron chi connectivity index (χ0n) is 14.8. The molecule has 1 aromatic heterocycles. The van der Waals surface area contributed by atoms with Gasteiger partial charge in [-0.2, -0.15) is 5.10 Å². The van der Waals surface area contributed by atoms with Gasteiger partial charge >= 0.3 is 0 Å². The van der Waals surface area contributed by atoms with Gasteiger partial charge in [0.25, 0.3) is 5.56 Å². The third kappa shape index (κ3) is 4.15. The summed E-state index contributed by atoms with van der Waals surface area (Å²) in [5.41, 5.74) is 3.59. The first kappa shape index (κ1) is 18.0. The minimum Gasteiger partial charge on any atom is -0.277 e. The third-order valence-electron chi connectivity index (χ3n) is 4.30. The highest BCUT2D eigenvalue weighted by Gasteiger charge is 2.16. The second-order valence-corrected chi connectivity index (χ2v) is 8.36. The molecule has 4 nitrogen and oxygen atoms in total. The van der Waals surface area contributed by atoms with Crippen LogP contribution in [-0.4, -0.2) is 26.6 Å². The molecule has 0 spiro atoms. The smallest absolute Gasteiger partial charge is 0.267 e. The lowest BCUT2D eigenvalue weighted by Crippen LogP contribution is -2.22. The van der Waals surface area contributed by atoms with Crippen molar-refractivity contribution in [1.29, 1.82) is 0 Å². The molecule has 1 aliphatic rings. The predicted molar refractivity (Wildman–Crippen MR) is 113 cm³/mol. The summed E-state index contributed by atoms with van der Waals surface area (Å²) in [7, 11) is 0. The normalized spacial score (nSPS) is 16.4. The fourth-order valence-corrected chi connectivity index (χ4v) is 4.11. The molecule has 0 saturated heterocycles. The Balaban J connectivity index is 1.63. The topological polar surface area (TPSA) is 47.2 Å². The van der Waals surface area contributed by atoms with Crippen LogP contribution in [-0.2, 0) is 6.54 Å². The molecule has 0 fully saturated rings. The lowest BCUT2D eigenvalue weighted by atomic mass is 10.1. The van der Waals surface area contributed by atoms with Crippen LogP contribution in [0.4, 0.5) is 0 Å². The summed E-state index contributed by atoms with van der Waals surface area (Å²) in [5, 5.41) is 6.75. The summed E-state index contributed by atoms with van der Waals surface area (Å²) in [6.07, 6.45) is 0. The second kappa shape index (κ2) is 7.71. The van der Waals surface area contributed by atoms with Crippen molar-refractivity contribution in [3.63, 3.8) is 0 Å². The van der Waals surface area contributed by atoms with E-state index in [0.717, 1.165) is 34.0 Å². The Morgan fingerprint density at radius 3 is 2.70 bits per heavy atom. The molecular formula is C21H18ClN3OS. The molecule has 1 unspecified atom stereocenters. The van der Waals surface area contributed by atoms with Crippen molar-refractivity contribution in [2.24, 2.45) is 4.99 Å². The first-order chi connectivity index (χ1) is 13.1. The van der Waals surface area contributed by atoms with Crippen molar-refractivity contribution in [2.75, 3.05) is 6.54 Å². The highest BCUT2D eigenvalue weighted by molar-refractivity contribution is 8.15. The number of aliphatic imine (C=N–C) groups is 1. The highest BCUT2D eigenvalue weighted by Crippen LogP contribution is 2.26. The Hall–Kier alpha value is -2.37. The Labute approximate surface area is 166 Å². The monoisotopic (exact) mass is 395 g/mol. The maximum atomic E-state index is 12.3. The van der Waals surface area contributed by atoms with Gasteiger partial charge in [-0.1, -0.05) is 48.9 Å². The van der Waals surface area contributed by atoms with E-state index in [0.29, 0.717) is 16.8 Å². The number of thioether (sulfide) groups is 1. The Kier molecular flexibility index (Phi) is 5.14. The van der Waals surface area contributed by atoms with Crippen LogP contribution in [0.15, 0.2) is 70.5 Å². The Bertz CT molecular complexity index is 1080. The minimum absolute atomic E-state index is 0.132. The number of rotatable bonds is 4. The van der Waals surface area contributed by atoms with E-state index in [1.54, 1.807) is 23.9 Å². The Morgan fingerprint density at radius 2 is 1.93 bits per heavy atom. The quantitative estimate of drug-likeness (QED) is 0.653. The van der Waals surface area contributed by atoms with E-state index < -0.39 is 0 Å². The van der Waals surface area contributed by atoms with Crippen LogP contribution < -0.4 is 5.56 Å². The number of hydrogen-bond acceptors (Lipinski definition) is 4. The predicted octanol–water partition coefficient (Wildman–Crippen LogP) is 4.49. The van der Waals surface area contributed by atoms with Gasteiger partial charge in [0.2, 0.25) is 0 Å². The molecule has 0 saturated carbocycles. The molecule has 2 aromatic carbocycles. The molecule has 0 N–H and O–H groups in total. The van der Waals surface area contributed by atoms with E-state index in [2.05, 4.69) is 29.1 Å². The van der Waals surface area contributed by atoms with Crippen molar-refractivity contribution in [2.45, 2.75) is 18.7 Å². The lowest BCUT2D eigenvalue weighted by Gasteiger charge is -2.09. The van der Waals surface area contributed by atoms with Crippen LogP contribution in [0.2, 0.25) is 5.02 Å². The van der Waals surface area contributed by atoms with E-state index in [9.17, 15) is 4.79 Å². The standard InChI is InChI=1S/C21H18ClN3OS/c1-14-12-23-21(27-14)17-6-2-4-15(10-17)13-25-20(26)9-8-19(24-25)16-5-3-7-18(22)11-16/h2-11,14H,12-13H2,1H3. The van der Waals surface area contributed by atoms with Gasteiger partial charge in [0, 0.05) is 27.5 Å². The summed E-state index contributed by atoms with van der Waals surface area (Å²) in [6, 6.07) is 18.9. The van der Waals surface area contributed by atoms with Gasteiger partial charge in [0.15, 0.2) is 0 Å². The average Bonchev–Trinajstić information content (AvgIpc) is 3.10. The van der Waals surface area contributed by atoms with Crippen molar-refractivity contribution in [3.8, 4) is 11.3 Å². The van der Waals surface area contributed by atoms with Gasteiger partial charge in [-0.15, -0.1) is 11.8 Å². The number of aromatic nitrogens is 2. The number of hydrogen-bond donors (Lipinski definition) is 0. The first-order valence-corrected chi connectivity index (χ1v) is 9.99. The molecule has 0 amide bonds. The maximum Gasteiger partial charge on any atom is 0.267 e.